The van der Waals surface area contributed by atoms with Gasteiger partial charge in [-0.3, -0.25) is 19.1 Å². The number of Topliss-reactive ketones (excluding diaryl/α,β-unsaturated/α-hetero) is 1. The second kappa shape index (κ2) is 8.33. The number of aryl methyl sites for hydroxylation is 1. The number of hydrogen-bond donors (Lipinski definition) is 1. The van der Waals surface area contributed by atoms with E-state index in [2.05, 4.69) is 9.97 Å². The average molecular weight is 441 g/mol. The molecule has 2 heterocycles. The second-order valence-corrected chi connectivity index (χ2v) is 8.00. The number of nitrogens with zero attached hydrogens (tertiary/aromatic N) is 3. The summed E-state index contributed by atoms with van der Waals surface area (Å²) in [6.07, 6.45) is 0. The van der Waals surface area contributed by atoms with Crippen molar-refractivity contribution in [3.8, 4) is 0 Å². The molecule has 0 unspecified atom stereocenters. The molecule has 30 heavy (non-hydrogen) atoms. The van der Waals surface area contributed by atoms with Gasteiger partial charge in [0.25, 0.3) is 5.56 Å². The van der Waals surface area contributed by atoms with E-state index in [4.69, 9.17) is 11.6 Å². The van der Waals surface area contributed by atoms with Crippen molar-refractivity contribution in [2.24, 2.45) is 7.05 Å². The van der Waals surface area contributed by atoms with Crippen LogP contribution in [0.5, 0.6) is 0 Å². The summed E-state index contributed by atoms with van der Waals surface area (Å²) in [5.41, 5.74) is 0.898. The highest BCUT2D eigenvalue weighted by molar-refractivity contribution is 7.99. The van der Waals surface area contributed by atoms with Crippen LogP contribution in [-0.4, -0.2) is 30.6 Å². The van der Waals surface area contributed by atoms with Crippen molar-refractivity contribution < 1.29 is 4.79 Å². The van der Waals surface area contributed by atoms with Gasteiger partial charge in [-0.15, -0.1) is 0 Å². The Labute approximate surface area is 180 Å². The van der Waals surface area contributed by atoms with Crippen LogP contribution in [0.25, 0.3) is 11.2 Å². The van der Waals surface area contributed by atoms with Crippen LogP contribution in [0.4, 0.5) is 0 Å². The Balaban J connectivity index is 1.75. The number of ketones is 1. The Morgan fingerprint density at radius 1 is 1.10 bits per heavy atom. The molecule has 0 saturated carbocycles. The number of thioether (sulfide) groups is 1. The first kappa shape index (κ1) is 20.2. The summed E-state index contributed by atoms with van der Waals surface area (Å²) in [4.78, 5) is 44.0. The molecule has 0 saturated heterocycles. The monoisotopic (exact) mass is 440 g/mol. The second-order valence-electron chi connectivity index (χ2n) is 6.65. The van der Waals surface area contributed by atoms with Crippen LogP contribution in [0.3, 0.4) is 0 Å². The zero-order chi connectivity index (χ0) is 21.3. The predicted octanol–water partition coefficient (Wildman–Crippen LogP) is 3.10. The van der Waals surface area contributed by atoms with Crippen LogP contribution in [-0.2, 0) is 13.6 Å². The maximum absolute atomic E-state index is 12.6. The van der Waals surface area contributed by atoms with Gasteiger partial charge in [-0.1, -0.05) is 65.8 Å². The average Bonchev–Trinajstić information content (AvgIpc) is 3.10. The highest BCUT2D eigenvalue weighted by Crippen LogP contribution is 2.25. The number of benzene rings is 2. The van der Waals surface area contributed by atoms with Gasteiger partial charge in [-0.05, 0) is 17.7 Å². The summed E-state index contributed by atoms with van der Waals surface area (Å²) in [5, 5.41) is 0.862. The molecule has 0 radical (unpaired) electrons. The van der Waals surface area contributed by atoms with Gasteiger partial charge < -0.3 is 4.57 Å². The molecule has 0 amide bonds. The number of H-pyrrole nitrogens is 1. The molecule has 7 nitrogen and oxygen atoms in total. The minimum atomic E-state index is -0.541. The van der Waals surface area contributed by atoms with Gasteiger partial charge in [-0.2, -0.15) is 0 Å². The number of carbonyl (C=O) groups excluding carboxylic acids is 1. The highest BCUT2D eigenvalue weighted by Gasteiger charge is 2.19. The maximum atomic E-state index is 12.6. The summed E-state index contributed by atoms with van der Waals surface area (Å²) in [7, 11) is 1.55. The number of rotatable bonds is 6. The highest BCUT2D eigenvalue weighted by atomic mass is 35.5. The lowest BCUT2D eigenvalue weighted by molar-refractivity contribution is 0.102. The molecule has 0 spiro atoms. The standard InChI is InChI=1S/C21H17ClN4O3S/c1-25-18-17(19(28)24-20(25)29)26(11-13-7-3-2-4-8-13)21(23-18)30-12-16(27)14-9-5-6-10-15(14)22/h2-10H,11-12H2,1H3,(H,24,28,29). The zero-order valence-corrected chi connectivity index (χ0v) is 17.5. The van der Waals surface area contributed by atoms with Gasteiger partial charge in [-0.25, -0.2) is 9.78 Å². The van der Waals surface area contributed by atoms with Gasteiger partial charge >= 0.3 is 5.69 Å². The number of carbonyl (C=O) groups is 1. The summed E-state index contributed by atoms with van der Waals surface area (Å²) in [6.45, 7) is 0.376. The van der Waals surface area contributed by atoms with Crippen LogP contribution in [0, 0.1) is 0 Å². The van der Waals surface area contributed by atoms with Crippen LogP contribution in [0.2, 0.25) is 5.02 Å². The lowest BCUT2D eigenvalue weighted by Crippen LogP contribution is -2.29. The summed E-state index contributed by atoms with van der Waals surface area (Å²) >= 11 is 7.33. The molecule has 0 aliphatic heterocycles. The van der Waals surface area contributed by atoms with Crippen molar-refractivity contribution in [3.63, 3.8) is 0 Å². The van der Waals surface area contributed by atoms with Crippen molar-refractivity contribution in [1.29, 1.82) is 0 Å². The predicted molar refractivity (Wildman–Crippen MR) is 118 cm³/mol. The zero-order valence-electron chi connectivity index (χ0n) is 16.0. The van der Waals surface area contributed by atoms with Crippen LogP contribution in [0.15, 0.2) is 69.3 Å². The van der Waals surface area contributed by atoms with Gasteiger partial charge in [0.1, 0.15) is 0 Å². The van der Waals surface area contributed by atoms with Crippen LogP contribution in [0.1, 0.15) is 15.9 Å². The fourth-order valence-electron chi connectivity index (χ4n) is 3.13. The van der Waals surface area contributed by atoms with E-state index in [1.165, 1.54) is 16.3 Å². The van der Waals surface area contributed by atoms with E-state index in [0.29, 0.717) is 22.3 Å². The molecule has 152 valence electrons. The Morgan fingerprint density at radius 2 is 1.80 bits per heavy atom. The molecule has 4 aromatic rings. The lowest BCUT2D eigenvalue weighted by atomic mass is 10.1. The molecular weight excluding hydrogens is 424 g/mol. The Hall–Kier alpha value is -3.10. The van der Waals surface area contributed by atoms with E-state index in [1.54, 1.807) is 35.9 Å². The summed E-state index contributed by atoms with van der Waals surface area (Å²) in [5.74, 6) is -0.0556. The largest absolute Gasteiger partial charge is 0.329 e. The van der Waals surface area contributed by atoms with Crippen LogP contribution < -0.4 is 11.2 Å². The number of aromatic amines is 1. The first-order valence-electron chi connectivity index (χ1n) is 9.09. The molecule has 0 aliphatic carbocycles. The molecule has 0 bridgehead atoms. The Kier molecular flexibility index (Phi) is 5.61. The fraction of sp³-hybridized carbons (Fsp3) is 0.143. The van der Waals surface area contributed by atoms with Crippen molar-refractivity contribution in [3.05, 3.63) is 91.6 Å². The quantitative estimate of drug-likeness (QED) is 0.367. The molecule has 1 N–H and O–H groups in total. The Morgan fingerprint density at radius 3 is 2.53 bits per heavy atom. The fourth-order valence-corrected chi connectivity index (χ4v) is 4.25. The van der Waals surface area contributed by atoms with E-state index in [1.807, 2.05) is 30.3 Å². The van der Waals surface area contributed by atoms with Gasteiger partial charge in [0, 0.05) is 12.6 Å². The molecule has 0 aliphatic rings. The molecule has 4 rings (SSSR count). The minimum Gasteiger partial charge on any atom is -0.309 e. The number of aromatic nitrogens is 4. The Bertz CT molecular complexity index is 1360. The smallest absolute Gasteiger partial charge is 0.309 e. The maximum Gasteiger partial charge on any atom is 0.329 e. The lowest BCUT2D eigenvalue weighted by Gasteiger charge is -2.09. The first-order chi connectivity index (χ1) is 14.5. The van der Waals surface area contributed by atoms with Crippen molar-refractivity contribution in [2.45, 2.75) is 11.7 Å². The van der Waals surface area contributed by atoms with E-state index >= 15 is 0 Å². The normalized spacial score (nSPS) is 11.1. The molecule has 2 aromatic heterocycles. The third-order valence-corrected chi connectivity index (χ3v) is 5.97. The molecule has 2 aromatic carbocycles. The number of hydrogen-bond acceptors (Lipinski definition) is 5. The molecular formula is C21H17ClN4O3S. The van der Waals surface area contributed by atoms with E-state index < -0.39 is 11.2 Å². The van der Waals surface area contributed by atoms with Gasteiger partial charge in [0.15, 0.2) is 22.1 Å². The van der Waals surface area contributed by atoms with E-state index in [9.17, 15) is 14.4 Å². The topological polar surface area (TPSA) is 89.8 Å². The van der Waals surface area contributed by atoms with Crippen molar-refractivity contribution >= 4 is 40.3 Å². The number of halogens is 1. The van der Waals surface area contributed by atoms with Gasteiger partial charge in [0.05, 0.1) is 17.3 Å². The first-order valence-corrected chi connectivity index (χ1v) is 10.5. The summed E-state index contributed by atoms with van der Waals surface area (Å²) in [6, 6.07) is 16.4. The third-order valence-electron chi connectivity index (χ3n) is 4.66. The summed E-state index contributed by atoms with van der Waals surface area (Å²) < 4.78 is 3.02. The van der Waals surface area contributed by atoms with Gasteiger partial charge in [0.2, 0.25) is 0 Å². The number of imidazole rings is 1. The molecule has 9 heteroatoms. The van der Waals surface area contributed by atoms with Crippen molar-refractivity contribution in [1.82, 2.24) is 19.1 Å². The van der Waals surface area contributed by atoms with E-state index in [0.717, 1.165) is 5.56 Å². The number of fused-ring (bicyclic) bond motifs is 1. The minimum absolute atomic E-state index is 0.0910. The number of nitrogens with one attached hydrogen (secondary N) is 1. The van der Waals surface area contributed by atoms with Crippen molar-refractivity contribution in [2.75, 3.05) is 5.75 Å². The SMILES string of the molecule is Cn1c(=O)[nH]c(=O)c2c1nc(SCC(=O)c1ccccc1Cl)n2Cc1ccccc1. The molecule has 0 fully saturated rings. The van der Waals surface area contributed by atoms with Crippen LogP contribution >= 0.6 is 23.4 Å². The van der Waals surface area contributed by atoms with E-state index in [-0.39, 0.29) is 22.7 Å². The molecule has 0 atom stereocenters. The third kappa shape index (κ3) is 3.83.